The molecule has 16 heavy (non-hydrogen) atoms. The summed E-state index contributed by atoms with van der Waals surface area (Å²) in [5.41, 5.74) is 1.04. The lowest BCUT2D eigenvalue weighted by molar-refractivity contribution is 0.385. The summed E-state index contributed by atoms with van der Waals surface area (Å²) < 4.78 is 18.4. The van der Waals surface area contributed by atoms with Crippen LogP contribution >= 0.6 is 11.6 Å². The van der Waals surface area contributed by atoms with Crippen molar-refractivity contribution in [1.29, 1.82) is 0 Å². The van der Waals surface area contributed by atoms with Crippen molar-refractivity contribution >= 4 is 11.6 Å². The number of hydrogen-bond donors (Lipinski definition) is 1. The van der Waals surface area contributed by atoms with E-state index < -0.39 is 5.82 Å². The minimum atomic E-state index is -0.475. The van der Waals surface area contributed by atoms with E-state index in [1.54, 1.807) is 12.1 Å². The van der Waals surface area contributed by atoms with Crippen LogP contribution in [-0.4, -0.2) is 20.2 Å². The Bertz CT molecular complexity index is 378. The molecule has 0 bridgehead atoms. The first-order chi connectivity index (χ1) is 7.70. The second-order valence-corrected chi connectivity index (χ2v) is 4.56. The van der Waals surface area contributed by atoms with E-state index in [1.165, 1.54) is 7.11 Å². The van der Waals surface area contributed by atoms with Gasteiger partial charge in [0.05, 0.1) is 12.1 Å². The quantitative estimate of drug-likeness (QED) is 0.881. The molecule has 1 unspecified atom stereocenters. The molecule has 1 fully saturated rings. The standard InChI is InChI=1S/C12H15ClFNO/c1-16-11-6-9(5-10(13)12(11)14)4-8-2-3-15-7-8/h5-6,8,15H,2-4,7H2,1H3. The molecule has 2 rings (SSSR count). The molecular weight excluding hydrogens is 229 g/mol. The molecule has 0 spiro atoms. The zero-order chi connectivity index (χ0) is 11.5. The fourth-order valence-electron chi connectivity index (χ4n) is 2.11. The highest BCUT2D eigenvalue weighted by Crippen LogP contribution is 2.28. The monoisotopic (exact) mass is 243 g/mol. The van der Waals surface area contributed by atoms with Crippen molar-refractivity contribution in [3.8, 4) is 5.75 Å². The van der Waals surface area contributed by atoms with Crippen molar-refractivity contribution in [2.45, 2.75) is 12.8 Å². The number of ether oxygens (including phenoxy) is 1. The second kappa shape index (κ2) is 5.02. The van der Waals surface area contributed by atoms with Crippen molar-refractivity contribution in [2.75, 3.05) is 20.2 Å². The molecule has 4 heteroatoms. The number of benzene rings is 1. The van der Waals surface area contributed by atoms with Crippen LogP contribution in [0.3, 0.4) is 0 Å². The molecular formula is C12H15ClFNO. The van der Waals surface area contributed by atoms with Gasteiger partial charge in [0.25, 0.3) is 0 Å². The molecule has 1 heterocycles. The topological polar surface area (TPSA) is 21.3 Å². The molecule has 1 N–H and O–H groups in total. The third kappa shape index (κ3) is 2.47. The summed E-state index contributed by atoms with van der Waals surface area (Å²) in [7, 11) is 1.45. The fraction of sp³-hybridized carbons (Fsp3) is 0.500. The fourth-order valence-corrected chi connectivity index (χ4v) is 2.34. The second-order valence-electron chi connectivity index (χ2n) is 4.16. The zero-order valence-corrected chi connectivity index (χ0v) is 9.98. The van der Waals surface area contributed by atoms with Crippen LogP contribution in [0.25, 0.3) is 0 Å². The van der Waals surface area contributed by atoms with Crippen molar-refractivity contribution in [1.82, 2.24) is 5.32 Å². The smallest absolute Gasteiger partial charge is 0.183 e. The number of hydrogen-bond acceptors (Lipinski definition) is 2. The Balaban J connectivity index is 2.17. The highest BCUT2D eigenvalue weighted by Gasteiger charge is 2.17. The molecule has 1 atom stereocenters. The first-order valence-corrected chi connectivity index (χ1v) is 5.81. The van der Waals surface area contributed by atoms with Gasteiger partial charge in [-0.2, -0.15) is 0 Å². The van der Waals surface area contributed by atoms with Crippen LogP contribution in [0.5, 0.6) is 5.75 Å². The Hall–Kier alpha value is -0.800. The van der Waals surface area contributed by atoms with E-state index in [0.29, 0.717) is 5.92 Å². The lowest BCUT2D eigenvalue weighted by Crippen LogP contribution is -2.10. The third-order valence-electron chi connectivity index (χ3n) is 2.96. The van der Waals surface area contributed by atoms with Crippen LogP contribution in [0.2, 0.25) is 5.02 Å². The van der Waals surface area contributed by atoms with Crippen molar-refractivity contribution < 1.29 is 9.13 Å². The van der Waals surface area contributed by atoms with Crippen LogP contribution < -0.4 is 10.1 Å². The van der Waals surface area contributed by atoms with Crippen LogP contribution in [-0.2, 0) is 6.42 Å². The van der Waals surface area contributed by atoms with Gasteiger partial charge in [-0.1, -0.05) is 11.6 Å². The van der Waals surface area contributed by atoms with Gasteiger partial charge in [0.2, 0.25) is 0 Å². The summed E-state index contributed by atoms with van der Waals surface area (Å²) in [5.74, 6) is 0.372. The van der Waals surface area contributed by atoms with Gasteiger partial charge in [-0.15, -0.1) is 0 Å². The van der Waals surface area contributed by atoms with Gasteiger partial charge in [0.15, 0.2) is 11.6 Å². The van der Waals surface area contributed by atoms with E-state index in [-0.39, 0.29) is 10.8 Å². The van der Waals surface area contributed by atoms with E-state index >= 15 is 0 Å². The molecule has 0 radical (unpaired) electrons. The lowest BCUT2D eigenvalue weighted by Gasteiger charge is -2.11. The highest BCUT2D eigenvalue weighted by molar-refractivity contribution is 6.31. The number of methoxy groups -OCH3 is 1. The van der Waals surface area contributed by atoms with E-state index in [2.05, 4.69) is 5.32 Å². The Labute approximate surface area is 99.7 Å². The first kappa shape index (κ1) is 11.7. The van der Waals surface area contributed by atoms with Crippen molar-refractivity contribution in [3.05, 3.63) is 28.5 Å². The SMILES string of the molecule is COc1cc(CC2CCNC2)cc(Cl)c1F. The summed E-state index contributed by atoms with van der Waals surface area (Å²) in [6.07, 6.45) is 2.08. The van der Waals surface area contributed by atoms with Crippen LogP contribution in [0.15, 0.2) is 12.1 Å². The predicted octanol–water partition coefficient (Wildman–Crippen LogP) is 2.64. The molecule has 2 nitrogen and oxygen atoms in total. The van der Waals surface area contributed by atoms with E-state index in [0.717, 1.165) is 31.5 Å². The van der Waals surface area contributed by atoms with E-state index in [4.69, 9.17) is 16.3 Å². The normalized spacial score (nSPS) is 20.1. The Morgan fingerprint density at radius 2 is 2.38 bits per heavy atom. The van der Waals surface area contributed by atoms with Gasteiger partial charge in [0, 0.05) is 0 Å². The molecule has 88 valence electrons. The summed E-state index contributed by atoms with van der Waals surface area (Å²) in [6.45, 7) is 2.09. The van der Waals surface area contributed by atoms with E-state index in [1.807, 2.05) is 0 Å². The molecule has 1 saturated heterocycles. The number of nitrogens with one attached hydrogen (secondary N) is 1. The van der Waals surface area contributed by atoms with Crippen LogP contribution in [0, 0.1) is 11.7 Å². The number of rotatable bonds is 3. The molecule has 1 aliphatic heterocycles. The maximum Gasteiger partial charge on any atom is 0.183 e. The van der Waals surface area contributed by atoms with Gasteiger partial charge >= 0.3 is 0 Å². The van der Waals surface area contributed by atoms with Crippen LogP contribution in [0.4, 0.5) is 4.39 Å². The minimum Gasteiger partial charge on any atom is -0.494 e. The molecule has 0 aromatic heterocycles. The highest BCUT2D eigenvalue weighted by atomic mass is 35.5. The summed E-state index contributed by atoms with van der Waals surface area (Å²) in [6, 6.07) is 3.43. The maximum absolute atomic E-state index is 13.4. The third-order valence-corrected chi connectivity index (χ3v) is 3.24. The molecule has 1 aromatic carbocycles. The molecule has 0 amide bonds. The van der Waals surface area contributed by atoms with Gasteiger partial charge in [0.1, 0.15) is 0 Å². The first-order valence-electron chi connectivity index (χ1n) is 5.43. The molecule has 1 aromatic rings. The van der Waals surface area contributed by atoms with Gasteiger partial charge in [-0.3, -0.25) is 0 Å². The summed E-state index contributed by atoms with van der Waals surface area (Å²) in [5, 5.41) is 3.45. The minimum absolute atomic E-state index is 0.139. The zero-order valence-electron chi connectivity index (χ0n) is 9.22. The van der Waals surface area contributed by atoms with Crippen molar-refractivity contribution in [2.24, 2.45) is 5.92 Å². The van der Waals surface area contributed by atoms with Crippen LogP contribution in [0.1, 0.15) is 12.0 Å². The predicted molar refractivity (Wildman–Crippen MR) is 62.6 cm³/mol. The number of halogens is 2. The van der Waals surface area contributed by atoms with Gasteiger partial charge in [-0.05, 0) is 49.5 Å². The lowest BCUT2D eigenvalue weighted by atomic mass is 9.98. The molecule has 0 saturated carbocycles. The summed E-state index contributed by atoms with van der Waals surface area (Å²) in [4.78, 5) is 0. The Morgan fingerprint density at radius 3 is 3.00 bits per heavy atom. The van der Waals surface area contributed by atoms with Gasteiger partial charge < -0.3 is 10.1 Å². The average molecular weight is 244 g/mol. The Kier molecular flexibility index (Phi) is 3.66. The average Bonchev–Trinajstić information content (AvgIpc) is 2.76. The molecule has 0 aliphatic carbocycles. The van der Waals surface area contributed by atoms with Gasteiger partial charge in [-0.25, -0.2) is 4.39 Å². The Morgan fingerprint density at radius 1 is 1.56 bits per heavy atom. The maximum atomic E-state index is 13.4. The van der Waals surface area contributed by atoms with Crippen molar-refractivity contribution in [3.63, 3.8) is 0 Å². The summed E-state index contributed by atoms with van der Waals surface area (Å²) >= 11 is 5.81. The molecule has 1 aliphatic rings. The van der Waals surface area contributed by atoms with E-state index in [9.17, 15) is 4.39 Å². The largest absolute Gasteiger partial charge is 0.494 e.